The molecule has 0 amide bonds. The predicted molar refractivity (Wildman–Crippen MR) is 53.6 cm³/mol. The van der Waals surface area contributed by atoms with Gasteiger partial charge < -0.3 is 5.11 Å². The summed E-state index contributed by atoms with van der Waals surface area (Å²) < 4.78 is 14.4. The SMILES string of the molecule is O=C(O)c1ccc(F)c(-c2cnn(Cl)c2)n1. The first-order valence-electron chi connectivity index (χ1n) is 4.19. The first kappa shape index (κ1) is 10.6. The highest BCUT2D eigenvalue weighted by atomic mass is 35.5. The minimum Gasteiger partial charge on any atom is -0.477 e. The van der Waals surface area contributed by atoms with Gasteiger partial charge in [0.25, 0.3) is 0 Å². The summed E-state index contributed by atoms with van der Waals surface area (Å²) in [5, 5.41) is 12.4. The molecule has 5 nitrogen and oxygen atoms in total. The van der Waals surface area contributed by atoms with Crippen molar-refractivity contribution >= 4 is 17.7 Å². The van der Waals surface area contributed by atoms with E-state index in [0.717, 1.165) is 16.3 Å². The summed E-state index contributed by atoms with van der Waals surface area (Å²) >= 11 is 5.50. The molecule has 0 saturated carbocycles. The molecule has 1 N–H and O–H groups in total. The van der Waals surface area contributed by atoms with Crippen molar-refractivity contribution in [3.8, 4) is 11.3 Å². The summed E-state index contributed by atoms with van der Waals surface area (Å²) in [6, 6.07) is 2.13. The van der Waals surface area contributed by atoms with Crippen molar-refractivity contribution in [3.63, 3.8) is 0 Å². The third kappa shape index (κ3) is 1.87. The average molecular weight is 242 g/mol. The molecule has 16 heavy (non-hydrogen) atoms. The zero-order chi connectivity index (χ0) is 11.7. The fourth-order valence-electron chi connectivity index (χ4n) is 1.18. The Labute approximate surface area is 94.2 Å². The lowest BCUT2D eigenvalue weighted by Crippen LogP contribution is -2.02. The maximum Gasteiger partial charge on any atom is 0.354 e. The Kier molecular flexibility index (Phi) is 2.57. The summed E-state index contributed by atoms with van der Waals surface area (Å²) in [4.78, 5) is 14.3. The minimum absolute atomic E-state index is 0.0909. The number of rotatable bonds is 2. The molecule has 0 saturated heterocycles. The van der Waals surface area contributed by atoms with Gasteiger partial charge in [-0.25, -0.2) is 14.2 Å². The van der Waals surface area contributed by atoms with E-state index >= 15 is 0 Å². The molecular formula is C9H5ClFN3O2. The lowest BCUT2D eigenvalue weighted by molar-refractivity contribution is 0.0690. The second-order valence-electron chi connectivity index (χ2n) is 2.95. The van der Waals surface area contributed by atoms with Crippen LogP contribution in [0.4, 0.5) is 4.39 Å². The van der Waals surface area contributed by atoms with Crippen molar-refractivity contribution in [2.45, 2.75) is 0 Å². The van der Waals surface area contributed by atoms with Crippen LogP contribution in [0.15, 0.2) is 24.5 Å². The van der Waals surface area contributed by atoms with E-state index in [1.165, 1.54) is 12.4 Å². The van der Waals surface area contributed by atoms with Crippen LogP contribution in [0.1, 0.15) is 10.5 Å². The molecule has 0 spiro atoms. The van der Waals surface area contributed by atoms with Crippen LogP contribution in [0.2, 0.25) is 0 Å². The van der Waals surface area contributed by atoms with Crippen molar-refractivity contribution < 1.29 is 14.3 Å². The molecule has 2 aromatic rings. The smallest absolute Gasteiger partial charge is 0.354 e. The van der Waals surface area contributed by atoms with E-state index in [0.29, 0.717) is 5.56 Å². The zero-order valence-electron chi connectivity index (χ0n) is 7.76. The zero-order valence-corrected chi connectivity index (χ0v) is 8.52. The quantitative estimate of drug-likeness (QED) is 0.870. The fraction of sp³-hybridized carbons (Fsp3) is 0. The first-order valence-corrected chi connectivity index (χ1v) is 4.53. The normalized spacial score (nSPS) is 10.4. The molecule has 0 aliphatic carbocycles. The molecular weight excluding hydrogens is 237 g/mol. The molecule has 7 heteroatoms. The number of halogens is 2. The first-order chi connectivity index (χ1) is 7.58. The number of carboxylic acids is 1. The lowest BCUT2D eigenvalue weighted by atomic mass is 10.2. The Morgan fingerprint density at radius 1 is 1.50 bits per heavy atom. The highest BCUT2D eigenvalue weighted by Gasteiger charge is 2.13. The molecule has 0 aliphatic rings. The Bertz CT molecular complexity index is 555. The number of aromatic nitrogens is 3. The summed E-state index contributed by atoms with van der Waals surface area (Å²) in [6.45, 7) is 0. The van der Waals surface area contributed by atoms with Crippen molar-refractivity contribution in [2.75, 3.05) is 0 Å². The van der Waals surface area contributed by atoms with Gasteiger partial charge in [0.1, 0.15) is 17.2 Å². The molecule has 0 atom stereocenters. The number of hydrogen-bond acceptors (Lipinski definition) is 3. The molecule has 0 bridgehead atoms. The number of carboxylic acid groups (broad SMARTS) is 1. The Hall–Kier alpha value is -1.95. The van der Waals surface area contributed by atoms with Crippen molar-refractivity contribution in [1.82, 2.24) is 14.3 Å². The van der Waals surface area contributed by atoms with Crippen LogP contribution in [0.3, 0.4) is 0 Å². The van der Waals surface area contributed by atoms with Crippen LogP contribution in [0.5, 0.6) is 0 Å². The molecule has 0 aliphatic heterocycles. The molecule has 82 valence electrons. The van der Waals surface area contributed by atoms with Crippen LogP contribution >= 0.6 is 11.8 Å². The maximum atomic E-state index is 13.4. The van der Waals surface area contributed by atoms with E-state index in [9.17, 15) is 9.18 Å². The third-order valence-electron chi connectivity index (χ3n) is 1.89. The van der Waals surface area contributed by atoms with E-state index < -0.39 is 11.8 Å². The molecule has 2 aromatic heterocycles. The van der Waals surface area contributed by atoms with Gasteiger partial charge in [-0.1, -0.05) is 0 Å². The van der Waals surface area contributed by atoms with Crippen molar-refractivity contribution in [2.24, 2.45) is 0 Å². The summed E-state index contributed by atoms with van der Waals surface area (Å²) in [7, 11) is 0. The Morgan fingerprint density at radius 2 is 2.25 bits per heavy atom. The molecule has 2 rings (SSSR count). The van der Waals surface area contributed by atoms with E-state index in [4.69, 9.17) is 16.9 Å². The Balaban J connectivity index is 2.55. The van der Waals surface area contributed by atoms with E-state index in [2.05, 4.69) is 10.1 Å². The van der Waals surface area contributed by atoms with Gasteiger partial charge in [0.2, 0.25) is 0 Å². The van der Waals surface area contributed by atoms with Gasteiger partial charge in [-0.05, 0) is 12.1 Å². The lowest BCUT2D eigenvalue weighted by Gasteiger charge is -2.00. The van der Waals surface area contributed by atoms with Crippen molar-refractivity contribution in [3.05, 3.63) is 36.0 Å². The fourth-order valence-corrected chi connectivity index (χ4v) is 1.33. The van der Waals surface area contributed by atoms with Crippen LogP contribution in [-0.4, -0.2) is 25.4 Å². The largest absolute Gasteiger partial charge is 0.477 e. The predicted octanol–water partition coefficient (Wildman–Crippen LogP) is 1.78. The minimum atomic E-state index is -1.22. The standard InChI is InChI=1S/C9H5ClFN3O2/c10-14-4-5(3-12-14)8-6(11)1-2-7(13-8)9(15)16/h1-4H,(H,15,16). The topological polar surface area (TPSA) is 68.0 Å². The molecule has 0 unspecified atom stereocenters. The van der Waals surface area contributed by atoms with Crippen LogP contribution in [0, 0.1) is 5.82 Å². The van der Waals surface area contributed by atoms with Gasteiger partial charge in [0, 0.05) is 17.3 Å². The highest BCUT2D eigenvalue weighted by Crippen LogP contribution is 2.20. The number of aromatic carboxylic acids is 1. The van der Waals surface area contributed by atoms with Crippen LogP contribution < -0.4 is 0 Å². The third-order valence-corrected chi connectivity index (χ3v) is 2.08. The van der Waals surface area contributed by atoms with E-state index in [1.807, 2.05) is 0 Å². The number of nitrogens with zero attached hydrogens (tertiary/aromatic N) is 3. The van der Waals surface area contributed by atoms with Crippen molar-refractivity contribution in [1.29, 1.82) is 0 Å². The second kappa shape index (κ2) is 3.90. The number of pyridine rings is 1. The average Bonchev–Trinajstić information content (AvgIpc) is 2.65. The van der Waals surface area contributed by atoms with Gasteiger partial charge in [-0.2, -0.15) is 9.30 Å². The number of hydrogen-bond donors (Lipinski definition) is 1. The van der Waals surface area contributed by atoms with E-state index in [1.54, 1.807) is 0 Å². The van der Waals surface area contributed by atoms with Gasteiger partial charge in [-0.3, -0.25) is 0 Å². The van der Waals surface area contributed by atoms with Gasteiger partial charge >= 0.3 is 5.97 Å². The van der Waals surface area contributed by atoms with Gasteiger partial charge in [0.05, 0.1) is 12.4 Å². The van der Waals surface area contributed by atoms with Crippen LogP contribution in [-0.2, 0) is 0 Å². The second-order valence-corrected chi connectivity index (χ2v) is 3.30. The number of carbonyl (C=O) groups is 1. The molecule has 2 heterocycles. The summed E-state index contributed by atoms with van der Waals surface area (Å²) in [5.74, 6) is -1.85. The van der Waals surface area contributed by atoms with Gasteiger partial charge in [0.15, 0.2) is 0 Å². The summed E-state index contributed by atoms with van der Waals surface area (Å²) in [6.07, 6.45) is 2.63. The monoisotopic (exact) mass is 241 g/mol. The highest BCUT2D eigenvalue weighted by molar-refractivity contribution is 6.14. The van der Waals surface area contributed by atoms with Crippen LogP contribution in [0.25, 0.3) is 11.3 Å². The molecule has 0 aromatic carbocycles. The Morgan fingerprint density at radius 3 is 2.81 bits per heavy atom. The molecule has 0 fully saturated rings. The summed E-state index contributed by atoms with van der Waals surface area (Å²) in [5.41, 5.74) is -0.0128. The molecule has 0 radical (unpaired) electrons. The van der Waals surface area contributed by atoms with E-state index in [-0.39, 0.29) is 11.4 Å². The maximum absolute atomic E-state index is 13.4. The van der Waals surface area contributed by atoms with Gasteiger partial charge in [-0.15, -0.1) is 0 Å².